The summed E-state index contributed by atoms with van der Waals surface area (Å²) in [4.78, 5) is 83.3. The van der Waals surface area contributed by atoms with Crippen LogP contribution in [0.2, 0.25) is 0 Å². The predicted octanol–water partition coefficient (Wildman–Crippen LogP) is 2.14. The van der Waals surface area contributed by atoms with Crippen LogP contribution in [0.1, 0.15) is 71.6 Å². The van der Waals surface area contributed by atoms with Crippen molar-refractivity contribution >= 4 is 55.0 Å². The number of esters is 1. The zero-order valence-electron chi connectivity index (χ0n) is 36.4. The summed E-state index contributed by atoms with van der Waals surface area (Å²) in [5.74, 6) is -2.48. The molecule has 6 rings (SSSR count). The number of hydrogen-bond acceptors (Lipinski definition) is 14. The molecule has 65 heavy (non-hydrogen) atoms. The lowest BCUT2D eigenvalue weighted by Gasteiger charge is -2.36. The van der Waals surface area contributed by atoms with Crippen LogP contribution in [-0.2, 0) is 46.5 Å². The number of pyridine rings is 1. The van der Waals surface area contributed by atoms with Gasteiger partial charge in [-0.3, -0.25) is 38.7 Å². The number of benzene rings is 2. The molecule has 2 radical (unpaired) electrons. The normalized spacial score (nSPS) is 21.0. The number of likely N-dealkylation sites (tertiary alicyclic amines) is 1. The molecule has 342 valence electrons. The molecule has 4 heterocycles. The van der Waals surface area contributed by atoms with E-state index in [-0.39, 0.29) is 42.9 Å². The molecule has 2 aromatic carbocycles. The molecule has 2 saturated heterocycles. The van der Waals surface area contributed by atoms with Crippen molar-refractivity contribution in [1.29, 1.82) is 0 Å². The number of amides is 4. The lowest BCUT2D eigenvalue weighted by molar-refractivity contribution is -0.241. The van der Waals surface area contributed by atoms with Gasteiger partial charge in [0.1, 0.15) is 38.5 Å². The second kappa shape index (κ2) is 22.1. The molecule has 4 amide bonds. The molecule has 0 saturated carbocycles. The Morgan fingerprint density at radius 2 is 1.74 bits per heavy atom. The number of Topliss-reactive ketones (excluding diaryl/α,β-unsaturated/α-hetero) is 1. The highest BCUT2D eigenvalue weighted by atomic mass is 16.7. The number of aromatic nitrogens is 1. The van der Waals surface area contributed by atoms with E-state index in [1.54, 1.807) is 55.7 Å². The van der Waals surface area contributed by atoms with Gasteiger partial charge in [0.15, 0.2) is 5.78 Å². The molecule has 3 aliphatic rings. The third kappa shape index (κ3) is 12.7. The topological polar surface area (TPSA) is 234 Å². The molecule has 5 atom stereocenters. The number of aliphatic hydroxyl groups is 3. The van der Waals surface area contributed by atoms with E-state index in [0.717, 1.165) is 49.8 Å². The Kier molecular flexibility index (Phi) is 16.4. The van der Waals surface area contributed by atoms with Crippen molar-refractivity contribution in [3.8, 4) is 5.75 Å². The van der Waals surface area contributed by atoms with E-state index in [2.05, 4.69) is 15.6 Å². The molecule has 5 N–H and O–H groups in total. The van der Waals surface area contributed by atoms with Gasteiger partial charge in [-0.15, -0.1) is 0 Å². The van der Waals surface area contributed by atoms with Gasteiger partial charge in [-0.1, -0.05) is 31.0 Å². The molecule has 17 nitrogen and oxygen atoms in total. The second-order valence-electron chi connectivity index (χ2n) is 16.6. The number of carbonyl (C=O) groups is 6. The van der Waals surface area contributed by atoms with Crippen LogP contribution in [0.3, 0.4) is 0 Å². The van der Waals surface area contributed by atoms with Crippen molar-refractivity contribution in [3.05, 3.63) is 107 Å². The largest absolute Gasteiger partial charge is 0.461 e. The minimum absolute atomic E-state index is 0.0871. The number of hydrogen-bond donors (Lipinski definition) is 5. The van der Waals surface area contributed by atoms with Gasteiger partial charge in [-0.05, 0) is 97.7 Å². The maximum atomic E-state index is 13.5. The molecule has 3 aliphatic heterocycles. The zero-order valence-corrected chi connectivity index (χ0v) is 36.4. The van der Waals surface area contributed by atoms with E-state index in [1.807, 2.05) is 17.0 Å². The Hall–Kier alpha value is -6.21. The number of nitrogens with one attached hydrogen (secondary N) is 2. The van der Waals surface area contributed by atoms with Gasteiger partial charge in [0.05, 0.1) is 30.7 Å². The highest BCUT2D eigenvalue weighted by Gasteiger charge is 2.42. The highest BCUT2D eigenvalue weighted by Crippen LogP contribution is 2.34. The van der Waals surface area contributed by atoms with Gasteiger partial charge in [-0.25, -0.2) is 0 Å². The van der Waals surface area contributed by atoms with Crippen molar-refractivity contribution in [2.75, 3.05) is 38.1 Å². The number of nitrogens with zero attached hydrogens (tertiary/aromatic N) is 3. The molecule has 0 spiro atoms. The minimum atomic E-state index is -2.01. The number of carbonyl (C=O) groups excluding carboxylic acids is 6. The average molecular weight is 892 g/mol. The van der Waals surface area contributed by atoms with Gasteiger partial charge in [0.2, 0.25) is 12.2 Å². The van der Waals surface area contributed by atoms with Gasteiger partial charge >= 0.3 is 5.97 Å². The van der Waals surface area contributed by atoms with Gasteiger partial charge in [0, 0.05) is 55.8 Å². The van der Waals surface area contributed by atoms with E-state index in [0.29, 0.717) is 52.7 Å². The van der Waals surface area contributed by atoms with E-state index < -0.39 is 60.2 Å². The van der Waals surface area contributed by atoms with Gasteiger partial charge in [-0.2, -0.15) is 0 Å². The summed E-state index contributed by atoms with van der Waals surface area (Å²) in [5.41, 5.74) is 0.969. The number of imide groups is 1. The van der Waals surface area contributed by atoms with Crippen LogP contribution in [0, 0.1) is 12.8 Å². The Morgan fingerprint density at radius 3 is 2.46 bits per heavy atom. The average Bonchev–Trinajstić information content (AvgIpc) is 3.65. The molecular formula is C47H54BN5O12. The van der Waals surface area contributed by atoms with Crippen LogP contribution < -0.4 is 15.4 Å². The summed E-state index contributed by atoms with van der Waals surface area (Å²) < 4.78 is 17.0. The molecule has 3 unspecified atom stereocenters. The van der Waals surface area contributed by atoms with Crippen molar-refractivity contribution in [1.82, 2.24) is 20.1 Å². The number of piperidine rings is 1. The fraction of sp³-hybridized carbons (Fsp3) is 0.426. The third-order valence-corrected chi connectivity index (χ3v) is 11.6. The fourth-order valence-electron chi connectivity index (χ4n) is 7.83. The minimum Gasteiger partial charge on any atom is -0.461 e. The second-order valence-corrected chi connectivity index (χ2v) is 16.6. The molecule has 0 aliphatic carbocycles. The third-order valence-electron chi connectivity index (χ3n) is 11.6. The Morgan fingerprint density at radius 1 is 0.985 bits per heavy atom. The first kappa shape index (κ1) is 48.3. The number of unbranched alkanes of at least 4 members (excludes halogenated alkanes) is 1. The predicted molar refractivity (Wildman–Crippen MR) is 237 cm³/mol. The zero-order chi connectivity index (χ0) is 46.7. The van der Waals surface area contributed by atoms with Crippen molar-refractivity contribution in [3.63, 3.8) is 0 Å². The van der Waals surface area contributed by atoms with Crippen LogP contribution in [0.5, 0.6) is 5.75 Å². The standard InChI is InChI=1S/C47H54BN5O12/c1-29-21-33(23-35(44(29)65-46-43(61)42(60)36(54)28-64-46)51-26-37(55)47(2,48)53-39(57)13-14-40(53)58)27-63-41(59)24-32-8-5-10-34(22-32)45(62)52-19-15-30(16-20-52)7-3-4-18-50-38(56)12-11-31-9-6-17-49-25-31/h5-6,8-14,17,21-23,25,30,36,42-43,46,51,54,60-61H,3-4,7,15-16,18-20,24,26-28H2,1-2H3,(H,50,56)/b12-11+/t36?,42-,43-,46?,47?/m0/s1. The van der Waals surface area contributed by atoms with Crippen molar-refractivity contribution < 1.29 is 58.3 Å². The first-order valence-corrected chi connectivity index (χ1v) is 21.6. The summed E-state index contributed by atoms with van der Waals surface area (Å²) in [6.07, 6.45) is 7.17. The van der Waals surface area contributed by atoms with E-state index in [4.69, 9.17) is 22.1 Å². The summed E-state index contributed by atoms with van der Waals surface area (Å²) in [6, 6.07) is 13.7. The first-order chi connectivity index (χ1) is 31.1. The first-order valence-electron chi connectivity index (χ1n) is 21.6. The number of ether oxygens (including phenoxy) is 3. The van der Waals surface area contributed by atoms with Crippen molar-refractivity contribution in [2.45, 2.75) is 89.0 Å². The number of aliphatic hydroxyl groups excluding tert-OH is 3. The summed E-state index contributed by atoms with van der Waals surface area (Å²) >= 11 is 0. The van der Waals surface area contributed by atoms with Crippen LogP contribution in [0.25, 0.3) is 6.08 Å². The molecule has 3 aromatic rings. The maximum absolute atomic E-state index is 13.5. The summed E-state index contributed by atoms with van der Waals surface area (Å²) in [5, 5.41) is 36.5. The van der Waals surface area contributed by atoms with E-state index in [1.165, 1.54) is 19.1 Å². The van der Waals surface area contributed by atoms with Gasteiger partial charge in [0.25, 0.3) is 17.7 Å². The molecule has 2 fully saturated rings. The molecule has 0 bridgehead atoms. The number of aryl methyl sites for hydroxylation is 1. The Bertz CT molecular complexity index is 2260. The molecule has 1 aromatic heterocycles. The van der Waals surface area contributed by atoms with Crippen LogP contribution in [0.15, 0.2) is 79.2 Å². The summed E-state index contributed by atoms with van der Waals surface area (Å²) in [6.45, 7) is 3.68. The molecular weight excluding hydrogens is 837 g/mol. The maximum Gasteiger partial charge on any atom is 0.310 e. The molecule has 18 heteroatoms. The summed E-state index contributed by atoms with van der Waals surface area (Å²) in [7, 11) is 6.19. The Labute approximate surface area is 378 Å². The monoisotopic (exact) mass is 891 g/mol. The van der Waals surface area contributed by atoms with E-state index in [9.17, 15) is 44.1 Å². The smallest absolute Gasteiger partial charge is 0.310 e. The fourth-order valence-corrected chi connectivity index (χ4v) is 7.83. The van der Waals surface area contributed by atoms with Crippen molar-refractivity contribution in [2.24, 2.45) is 5.92 Å². The van der Waals surface area contributed by atoms with Gasteiger partial charge < -0.3 is 45.1 Å². The van der Waals surface area contributed by atoms with Crippen LogP contribution >= 0.6 is 0 Å². The Balaban J connectivity index is 0.996. The lowest BCUT2D eigenvalue weighted by atomic mass is 9.74. The SMILES string of the molecule is [B]C(C)(C(=O)CNc1cc(COC(=O)Cc2cccc(C(=O)N3CCC(CCCCNC(=O)/C=C/c4cccnc4)CC3)c2)cc(C)c1OC1OCC(O)[C@H](O)[C@@H]1O)N1C(=O)C=CC1=O. The van der Waals surface area contributed by atoms with Crippen LogP contribution in [-0.4, -0.2) is 136 Å². The quantitative estimate of drug-likeness (QED) is 0.0382. The number of ketones is 1. The van der Waals surface area contributed by atoms with E-state index >= 15 is 0 Å². The van der Waals surface area contributed by atoms with Crippen LogP contribution in [0.4, 0.5) is 5.69 Å². The highest BCUT2D eigenvalue weighted by molar-refractivity contribution is 6.34. The number of rotatable bonds is 19. The number of anilines is 1. The lowest BCUT2D eigenvalue weighted by Crippen LogP contribution is -2.57.